The summed E-state index contributed by atoms with van der Waals surface area (Å²) in [6.45, 7) is 0.662. The molecule has 1 aromatic heterocycles. The summed E-state index contributed by atoms with van der Waals surface area (Å²) >= 11 is 0. The predicted octanol–water partition coefficient (Wildman–Crippen LogP) is -0.223. The SMILES string of the molecule is O=C1CC(Nc2cccnn2)CN1. The van der Waals surface area contributed by atoms with Crippen LogP contribution in [-0.4, -0.2) is 28.7 Å². The van der Waals surface area contributed by atoms with Gasteiger partial charge in [-0.3, -0.25) is 4.79 Å². The zero-order valence-corrected chi connectivity index (χ0v) is 7.03. The van der Waals surface area contributed by atoms with E-state index in [0.29, 0.717) is 18.8 Å². The summed E-state index contributed by atoms with van der Waals surface area (Å²) in [4.78, 5) is 10.9. The van der Waals surface area contributed by atoms with Crippen LogP contribution in [0.15, 0.2) is 18.3 Å². The molecule has 0 bridgehead atoms. The van der Waals surface area contributed by atoms with Gasteiger partial charge in [0.2, 0.25) is 5.91 Å². The maximum absolute atomic E-state index is 10.9. The molecule has 1 aliphatic rings. The smallest absolute Gasteiger partial charge is 0.222 e. The zero-order chi connectivity index (χ0) is 9.10. The van der Waals surface area contributed by atoms with Crippen molar-refractivity contribution in [1.82, 2.24) is 15.5 Å². The highest BCUT2D eigenvalue weighted by atomic mass is 16.1. The third-order valence-corrected chi connectivity index (χ3v) is 1.90. The summed E-state index contributed by atoms with van der Waals surface area (Å²) in [7, 11) is 0. The minimum absolute atomic E-state index is 0.0846. The number of amides is 1. The van der Waals surface area contributed by atoms with Crippen molar-refractivity contribution in [3.8, 4) is 0 Å². The largest absolute Gasteiger partial charge is 0.364 e. The van der Waals surface area contributed by atoms with Gasteiger partial charge in [-0.2, -0.15) is 5.10 Å². The van der Waals surface area contributed by atoms with E-state index in [-0.39, 0.29) is 11.9 Å². The van der Waals surface area contributed by atoms with Crippen LogP contribution < -0.4 is 10.6 Å². The number of aromatic nitrogens is 2. The molecule has 68 valence electrons. The van der Waals surface area contributed by atoms with Gasteiger partial charge < -0.3 is 10.6 Å². The molecule has 13 heavy (non-hydrogen) atoms. The van der Waals surface area contributed by atoms with Gasteiger partial charge in [-0.1, -0.05) is 0 Å². The average molecular weight is 178 g/mol. The Kier molecular flexibility index (Phi) is 2.08. The van der Waals surface area contributed by atoms with Gasteiger partial charge >= 0.3 is 0 Å². The lowest BCUT2D eigenvalue weighted by molar-refractivity contribution is -0.119. The molecule has 1 aromatic rings. The normalized spacial score (nSPS) is 21.2. The van der Waals surface area contributed by atoms with E-state index in [1.807, 2.05) is 6.07 Å². The quantitative estimate of drug-likeness (QED) is 0.657. The van der Waals surface area contributed by atoms with Crippen LogP contribution in [0.3, 0.4) is 0 Å². The van der Waals surface area contributed by atoms with Crippen LogP contribution in [-0.2, 0) is 4.79 Å². The van der Waals surface area contributed by atoms with Crippen LogP contribution >= 0.6 is 0 Å². The van der Waals surface area contributed by atoms with Crippen molar-refractivity contribution in [3.63, 3.8) is 0 Å². The lowest BCUT2D eigenvalue weighted by Crippen LogP contribution is -2.22. The molecule has 1 aliphatic heterocycles. The fourth-order valence-electron chi connectivity index (χ4n) is 1.29. The molecule has 0 saturated carbocycles. The molecule has 0 aliphatic carbocycles. The maximum atomic E-state index is 10.9. The topological polar surface area (TPSA) is 66.9 Å². The summed E-state index contributed by atoms with van der Waals surface area (Å²) in [6, 6.07) is 3.78. The van der Waals surface area contributed by atoms with Crippen molar-refractivity contribution in [2.24, 2.45) is 0 Å². The van der Waals surface area contributed by atoms with Gasteiger partial charge in [0.25, 0.3) is 0 Å². The molecule has 1 fully saturated rings. The molecule has 2 heterocycles. The van der Waals surface area contributed by atoms with Crippen LogP contribution in [0.5, 0.6) is 0 Å². The minimum atomic E-state index is 0.0846. The molecule has 0 radical (unpaired) electrons. The Hall–Kier alpha value is -1.65. The number of anilines is 1. The number of carbonyl (C=O) groups excluding carboxylic acids is 1. The molecule has 1 atom stereocenters. The van der Waals surface area contributed by atoms with Crippen molar-refractivity contribution in [2.75, 3.05) is 11.9 Å². The molecule has 2 rings (SSSR count). The highest BCUT2D eigenvalue weighted by Gasteiger charge is 2.20. The van der Waals surface area contributed by atoms with Gasteiger partial charge in [0.05, 0.1) is 6.04 Å². The van der Waals surface area contributed by atoms with Crippen LogP contribution in [0.2, 0.25) is 0 Å². The number of rotatable bonds is 2. The first-order valence-electron chi connectivity index (χ1n) is 4.15. The first-order valence-corrected chi connectivity index (χ1v) is 4.15. The summed E-state index contributed by atoms with van der Waals surface area (Å²) in [5.41, 5.74) is 0. The Morgan fingerprint density at radius 1 is 1.62 bits per heavy atom. The second-order valence-corrected chi connectivity index (χ2v) is 2.96. The predicted molar refractivity (Wildman–Crippen MR) is 47.1 cm³/mol. The van der Waals surface area contributed by atoms with Crippen molar-refractivity contribution < 1.29 is 4.79 Å². The van der Waals surface area contributed by atoms with Gasteiger partial charge in [-0.05, 0) is 12.1 Å². The molecule has 1 saturated heterocycles. The van der Waals surface area contributed by atoms with E-state index in [1.165, 1.54) is 0 Å². The van der Waals surface area contributed by atoms with Crippen molar-refractivity contribution in [3.05, 3.63) is 18.3 Å². The Morgan fingerprint density at radius 3 is 3.15 bits per heavy atom. The molecular formula is C8H10N4O. The Bertz CT molecular complexity index is 300. The highest BCUT2D eigenvalue weighted by molar-refractivity contribution is 5.79. The summed E-state index contributed by atoms with van der Waals surface area (Å²) in [5, 5.41) is 13.4. The number of carbonyl (C=O) groups is 1. The first kappa shape index (κ1) is 7.97. The van der Waals surface area contributed by atoms with Crippen LogP contribution in [0, 0.1) is 0 Å². The maximum Gasteiger partial charge on any atom is 0.222 e. The summed E-state index contributed by atoms with van der Waals surface area (Å²) in [6.07, 6.45) is 2.12. The van der Waals surface area contributed by atoms with E-state index < -0.39 is 0 Å². The van der Waals surface area contributed by atoms with Gasteiger partial charge in [0, 0.05) is 19.2 Å². The molecular weight excluding hydrogens is 168 g/mol. The number of nitrogens with zero attached hydrogens (tertiary/aromatic N) is 2. The van der Waals surface area contributed by atoms with E-state index in [2.05, 4.69) is 20.8 Å². The van der Waals surface area contributed by atoms with E-state index in [0.717, 1.165) is 0 Å². The monoisotopic (exact) mass is 178 g/mol. The van der Waals surface area contributed by atoms with E-state index in [4.69, 9.17) is 0 Å². The summed E-state index contributed by atoms with van der Waals surface area (Å²) in [5.74, 6) is 0.797. The molecule has 1 amide bonds. The first-order chi connectivity index (χ1) is 6.34. The lowest BCUT2D eigenvalue weighted by atomic mass is 10.2. The number of hydrogen-bond donors (Lipinski definition) is 2. The van der Waals surface area contributed by atoms with Crippen molar-refractivity contribution >= 4 is 11.7 Å². The van der Waals surface area contributed by atoms with Gasteiger partial charge in [-0.25, -0.2) is 0 Å². The lowest BCUT2D eigenvalue weighted by Gasteiger charge is -2.09. The third kappa shape index (κ3) is 1.93. The van der Waals surface area contributed by atoms with Crippen molar-refractivity contribution in [2.45, 2.75) is 12.5 Å². The van der Waals surface area contributed by atoms with E-state index in [9.17, 15) is 4.79 Å². The van der Waals surface area contributed by atoms with Gasteiger partial charge in [0.15, 0.2) is 0 Å². The Morgan fingerprint density at radius 2 is 2.54 bits per heavy atom. The highest BCUT2D eigenvalue weighted by Crippen LogP contribution is 2.07. The Balaban J connectivity index is 1.96. The molecule has 1 unspecified atom stereocenters. The summed E-state index contributed by atoms with van der Waals surface area (Å²) < 4.78 is 0. The fraction of sp³-hybridized carbons (Fsp3) is 0.375. The molecule has 0 aromatic carbocycles. The van der Waals surface area contributed by atoms with Gasteiger partial charge in [0.1, 0.15) is 5.82 Å². The molecule has 5 nitrogen and oxygen atoms in total. The second-order valence-electron chi connectivity index (χ2n) is 2.96. The zero-order valence-electron chi connectivity index (χ0n) is 7.03. The molecule has 5 heteroatoms. The van der Waals surface area contributed by atoms with Crippen LogP contribution in [0.4, 0.5) is 5.82 Å². The van der Waals surface area contributed by atoms with Gasteiger partial charge in [-0.15, -0.1) is 5.10 Å². The number of hydrogen-bond acceptors (Lipinski definition) is 4. The third-order valence-electron chi connectivity index (χ3n) is 1.90. The number of nitrogens with one attached hydrogen (secondary N) is 2. The minimum Gasteiger partial charge on any atom is -0.364 e. The standard InChI is InChI=1S/C8H10N4O/c13-8-4-6(5-9-8)11-7-2-1-3-10-12-7/h1-3,6H,4-5H2,(H,9,13)(H,11,12). The van der Waals surface area contributed by atoms with E-state index in [1.54, 1.807) is 12.3 Å². The second kappa shape index (κ2) is 3.38. The van der Waals surface area contributed by atoms with Crippen LogP contribution in [0.25, 0.3) is 0 Å². The van der Waals surface area contributed by atoms with E-state index >= 15 is 0 Å². The van der Waals surface area contributed by atoms with Crippen molar-refractivity contribution in [1.29, 1.82) is 0 Å². The average Bonchev–Trinajstić information content (AvgIpc) is 2.53. The molecule has 2 N–H and O–H groups in total. The molecule has 0 spiro atoms. The fourth-order valence-corrected chi connectivity index (χ4v) is 1.29. The van der Waals surface area contributed by atoms with Crippen LogP contribution in [0.1, 0.15) is 6.42 Å². The Labute approximate surface area is 75.6 Å².